The molecule has 0 aliphatic heterocycles. The van der Waals surface area contributed by atoms with E-state index in [0.29, 0.717) is 22.2 Å². The van der Waals surface area contributed by atoms with Crippen LogP contribution in [-0.2, 0) is 24.8 Å². The average molecular weight is 371 g/mol. The van der Waals surface area contributed by atoms with Gasteiger partial charge < -0.3 is 10.3 Å². The number of fused-ring (bicyclic) bond motifs is 1. The fourth-order valence-electron chi connectivity index (χ4n) is 2.83. The first kappa shape index (κ1) is 18.1. The van der Waals surface area contributed by atoms with Crippen molar-refractivity contribution in [1.29, 1.82) is 0 Å². The molecule has 8 heteroatoms. The molecule has 0 fully saturated rings. The summed E-state index contributed by atoms with van der Waals surface area (Å²) < 4.78 is 3.53. The third-order valence-electron chi connectivity index (χ3n) is 4.17. The van der Waals surface area contributed by atoms with Crippen LogP contribution in [0.2, 0.25) is 0 Å². The van der Waals surface area contributed by atoms with E-state index in [4.69, 9.17) is 12.2 Å². The molecule has 0 atom stereocenters. The van der Waals surface area contributed by atoms with Crippen molar-refractivity contribution < 1.29 is 4.79 Å². The number of nitrogens with zero attached hydrogens (tertiary/aromatic N) is 3. The van der Waals surface area contributed by atoms with Crippen molar-refractivity contribution in [1.82, 2.24) is 24.6 Å². The standard InChI is InChI=1S/C18H21N5O2S/c1-22-12-13(11-20-22)5-4-9-19-16(24)8-10-23-17(25)14-6-2-3-7-15(14)21-18(23)26/h2-3,6-7,11-12H,4-5,8-10H2,1H3,(H,19,24)(H,21,26). The van der Waals surface area contributed by atoms with Gasteiger partial charge >= 0.3 is 0 Å². The molecule has 136 valence electrons. The highest BCUT2D eigenvalue weighted by Gasteiger charge is 2.07. The second kappa shape index (κ2) is 8.09. The molecule has 26 heavy (non-hydrogen) atoms. The lowest BCUT2D eigenvalue weighted by molar-refractivity contribution is -0.121. The SMILES string of the molecule is Cn1cc(CCCNC(=O)CCn2c(=S)[nH]c3ccccc3c2=O)cn1. The number of H-pyrrole nitrogens is 1. The van der Waals surface area contributed by atoms with Gasteiger partial charge in [0.1, 0.15) is 0 Å². The number of hydrogen-bond donors (Lipinski definition) is 2. The van der Waals surface area contributed by atoms with Crippen molar-refractivity contribution >= 4 is 29.0 Å². The van der Waals surface area contributed by atoms with E-state index in [2.05, 4.69) is 15.4 Å². The fourth-order valence-corrected chi connectivity index (χ4v) is 3.11. The molecule has 0 saturated carbocycles. The largest absolute Gasteiger partial charge is 0.356 e. The Morgan fingerprint density at radius 1 is 1.35 bits per heavy atom. The lowest BCUT2D eigenvalue weighted by Crippen LogP contribution is -2.29. The summed E-state index contributed by atoms with van der Waals surface area (Å²) in [5.74, 6) is -0.0920. The van der Waals surface area contributed by atoms with Crippen molar-refractivity contribution in [3.63, 3.8) is 0 Å². The quantitative estimate of drug-likeness (QED) is 0.491. The van der Waals surface area contributed by atoms with Gasteiger partial charge in [0.25, 0.3) is 5.56 Å². The zero-order chi connectivity index (χ0) is 18.5. The summed E-state index contributed by atoms with van der Waals surface area (Å²) in [6.07, 6.45) is 5.71. The summed E-state index contributed by atoms with van der Waals surface area (Å²) in [7, 11) is 1.88. The third kappa shape index (κ3) is 4.26. The summed E-state index contributed by atoms with van der Waals surface area (Å²) >= 11 is 5.25. The Bertz CT molecular complexity index is 1030. The molecule has 0 spiro atoms. The first-order chi connectivity index (χ1) is 12.5. The molecule has 2 N–H and O–H groups in total. The van der Waals surface area contributed by atoms with Crippen LogP contribution >= 0.6 is 12.2 Å². The molecule has 7 nitrogen and oxygen atoms in total. The maximum Gasteiger partial charge on any atom is 0.262 e. The molecular formula is C18H21N5O2S. The molecule has 3 aromatic rings. The highest BCUT2D eigenvalue weighted by atomic mass is 32.1. The molecule has 0 aliphatic carbocycles. The number of carbonyl (C=O) groups excluding carboxylic acids is 1. The van der Waals surface area contributed by atoms with Crippen molar-refractivity contribution in [2.24, 2.45) is 7.05 Å². The molecule has 0 bridgehead atoms. The minimum atomic E-state index is -0.172. The summed E-state index contributed by atoms with van der Waals surface area (Å²) in [5.41, 5.74) is 1.68. The average Bonchev–Trinajstić information content (AvgIpc) is 3.04. The van der Waals surface area contributed by atoms with Crippen molar-refractivity contribution in [3.8, 4) is 0 Å². The Morgan fingerprint density at radius 3 is 2.92 bits per heavy atom. The van der Waals surface area contributed by atoms with Gasteiger partial charge in [0.2, 0.25) is 5.91 Å². The van der Waals surface area contributed by atoms with Crippen LogP contribution in [-0.4, -0.2) is 31.8 Å². The van der Waals surface area contributed by atoms with Gasteiger partial charge in [-0.25, -0.2) is 0 Å². The number of nitrogens with one attached hydrogen (secondary N) is 2. The zero-order valence-electron chi connectivity index (χ0n) is 14.6. The van der Waals surface area contributed by atoms with E-state index in [1.54, 1.807) is 16.8 Å². The molecule has 1 amide bonds. The normalized spacial score (nSPS) is 11.0. The molecule has 0 unspecified atom stereocenters. The van der Waals surface area contributed by atoms with Gasteiger partial charge in [-0.1, -0.05) is 12.1 Å². The Hall–Kier alpha value is -2.74. The first-order valence-corrected chi connectivity index (χ1v) is 8.91. The van der Waals surface area contributed by atoms with E-state index in [1.165, 1.54) is 4.57 Å². The lowest BCUT2D eigenvalue weighted by atomic mass is 10.2. The van der Waals surface area contributed by atoms with Crippen LogP contribution in [0.5, 0.6) is 0 Å². The predicted octanol–water partition coefficient (Wildman–Crippen LogP) is 1.93. The molecule has 0 saturated heterocycles. The van der Waals surface area contributed by atoms with Gasteiger partial charge in [0, 0.05) is 32.8 Å². The molecule has 1 aromatic carbocycles. The Balaban J connectivity index is 1.52. The molecule has 0 aliphatic rings. The lowest BCUT2D eigenvalue weighted by Gasteiger charge is -2.08. The summed E-state index contributed by atoms with van der Waals surface area (Å²) in [6.45, 7) is 0.848. The van der Waals surface area contributed by atoms with E-state index >= 15 is 0 Å². The zero-order valence-corrected chi connectivity index (χ0v) is 15.4. The molecule has 2 heterocycles. The number of benzene rings is 1. The topological polar surface area (TPSA) is 84.7 Å². The summed E-state index contributed by atoms with van der Waals surface area (Å²) in [6, 6.07) is 7.21. The van der Waals surface area contributed by atoms with Crippen LogP contribution in [0.3, 0.4) is 0 Å². The van der Waals surface area contributed by atoms with Crippen LogP contribution in [0.15, 0.2) is 41.5 Å². The minimum absolute atomic E-state index is 0.0920. The van der Waals surface area contributed by atoms with E-state index in [1.807, 2.05) is 31.6 Å². The van der Waals surface area contributed by atoms with E-state index < -0.39 is 0 Å². The van der Waals surface area contributed by atoms with Crippen molar-refractivity contribution in [3.05, 3.63) is 57.3 Å². The highest BCUT2D eigenvalue weighted by molar-refractivity contribution is 7.71. The van der Waals surface area contributed by atoms with Crippen LogP contribution < -0.4 is 10.9 Å². The van der Waals surface area contributed by atoms with E-state index in [9.17, 15) is 9.59 Å². The smallest absolute Gasteiger partial charge is 0.262 e. The van der Waals surface area contributed by atoms with E-state index in [-0.39, 0.29) is 24.4 Å². The number of aryl methyl sites for hydroxylation is 2. The highest BCUT2D eigenvalue weighted by Crippen LogP contribution is 2.06. The maximum absolute atomic E-state index is 12.5. The second-order valence-electron chi connectivity index (χ2n) is 6.16. The van der Waals surface area contributed by atoms with Crippen LogP contribution in [0.25, 0.3) is 10.9 Å². The number of carbonyl (C=O) groups is 1. The van der Waals surface area contributed by atoms with Crippen molar-refractivity contribution in [2.75, 3.05) is 6.54 Å². The van der Waals surface area contributed by atoms with Crippen LogP contribution in [0.4, 0.5) is 0 Å². The fraction of sp³-hybridized carbons (Fsp3) is 0.333. The molecule has 2 aromatic heterocycles. The van der Waals surface area contributed by atoms with Gasteiger partial charge in [0.05, 0.1) is 17.1 Å². The number of rotatable bonds is 7. The van der Waals surface area contributed by atoms with Gasteiger partial charge in [0.15, 0.2) is 4.77 Å². The number of aromatic amines is 1. The number of para-hydroxylation sites is 1. The number of aromatic nitrogens is 4. The molecular weight excluding hydrogens is 350 g/mol. The second-order valence-corrected chi connectivity index (χ2v) is 6.54. The summed E-state index contributed by atoms with van der Waals surface area (Å²) in [5, 5.41) is 7.56. The molecule has 3 rings (SSSR count). The number of amides is 1. The predicted molar refractivity (Wildman–Crippen MR) is 103 cm³/mol. The van der Waals surface area contributed by atoms with Gasteiger partial charge in [-0.05, 0) is 42.8 Å². The third-order valence-corrected chi connectivity index (χ3v) is 4.50. The Kier molecular flexibility index (Phi) is 5.62. The Morgan fingerprint density at radius 2 is 2.15 bits per heavy atom. The van der Waals surface area contributed by atoms with E-state index in [0.717, 1.165) is 18.4 Å². The van der Waals surface area contributed by atoms with Gasteiger partial charge in [-0.2, -0.15) is 5.10 Å². The van der Waals surface area contributed by atoms with Crippen molar-refractivity contribution in [2.45, 2.75) is 25.8 Å². The molecule has 0 radical (unpaired) electrons. The first-order valence-electron chi connectivity index (χ1n) is 8.50. The van der Waals surface area contributed by atoms with Gasteiger partial charge in [-0.3, -0.25) is 18.8 Å². The Labute approximate surface area is 155 Å². The summed E-state index contributed by atoms with van der Waals surface area (Å²) in [4.78, 5) is 27.6. The monoisotopic (exact) mass is 371 g/mol. The minimum Gasteiger partial charge on any atom is -0.356 e. The van der Waals surface area contributed by atoms with Crippen LogP contribution in [0.1, 0.15) is 18.4 Å². The van der Waals surface area contributed by atoms with Gasteiger partial charge in [-0.15, -0.1) is 0 Å². The van der Waals surface area contributed by atoms with Crippen LogP contribution in [0, 0.1) is 4.77 Å². The maximum atomic E-state index is 12.5. The number of hydrogen-bond acceptors (Lipinski definition) is 4.